The average molecular weight is 799 g/mol. The summed E-state index contributed by atoms with van der Waals surface area (Å²) in [5.41, 5.74) is 8.85. The van der Waals surface area contributed by atoms with Gasteiger partial charge in [-0.2, -0.15) is 0 Å². The van der Waals surface area contributed by atoms with Gasteiger partial charge >= 0.3 is 0 Å². The maximum atomic E-state index is 9.77. The van der Waals surface area contributed by atoms with Gasteiger partial charge in [0.1, 0.15) is 0 Å². The second kappa shape index (κ2) is 14.5. The molecule has 0 bridgehead atoms. The molecule has 2 nitrogen and oxygen atoms in total. The number of hydrogen-bond donors (Lipinski definition) is 0. The van der Waals surface area contributed by atoms with Gasteiger partial charge in [0.15, 0.2) is 0 Å². The molecule has 0 aliphatic heterocycles. The van der Waals surface area contributed by atoms with E-state index in [-0.39, 0.29) is 46.1 Å². The van der Waals surface area contributed by atoms with Crippen LogP contribution in [-0.2, 0) is 0 Å². The molecule has 3 heteroatoms. The molecule has 3 aromatic heterocycles. The van der Waals surface area contributed by atoms with Gasteiger partial charge in [-0.05, 0) is 84.4 Å². The highest BCUT2D eigenvalue weighted by Crippen LogP contribution is 2.54. The topological polar surface area (TPSA) is 25.8 Å². The van der Waals surface area contributed by atoms with E-state index < -0.39 is 12.1 Å². The maximum Gasteiger partial charge on any atom is 0.0972 e. The summed E-state index contributed by atoms with van der Waals surface area (Å²) in [4.78, 5) is 11.7. The number of rotatable bonds is 6. The van der Waals surface area contributed by atoms with E-state index in [0.29, 0.717) is 22.3 Å². The van der Waals surface area contributed by atoms with E-state index >= 15 is 0 Å². The first-order chi connectivity index (χ1) is 32.8. The Morgan fingerprint density at radius 2 is 0.967 bits per heavy atom. The molecule has 0 saturated heterocycles. The van der Waals surface area contributed by atoms with Crippen molar-refractivity contribution in [3.8, 4) is 65.5 Å². The van der Waals surface area contributed by atoms with Gasteiger partial charge < -0.3 is 0 Å². The molecule has 0 amide bonds. The van der Waals surface area contributed by atoms with Crippen LogP contribution in [-0.4, -0.2) is 9.97 Å². The zero-order valence-electron chi connectivity index (χ0n) is 38.6. The van der Waals surface area contributed by atoms with Crippen LogP contribution in [0.15, 0.2) is 218 Å². The van der Waals surface area contributed by atoms with E-state index in [1.807, 2.05) is 60.7 Å². The van der Waals surface area contributed by atoms with Crippen LogP contribution in [0.3, 0.4) is 0 Å². The lowest BCUT2D eigenvalue weighted by atomic mass is 9.88. The first-order valence-corrected chi connectivity index (χ1v) is 21.1. The summed E-state index contributed by atoms with van der Waals surface area (Å²) in [6.07, 6.45) is 1.70. The van der Waals surface area contributed by atoms with Crippen molar-refractivity contribution in [2.75, 3.05) is 0 Å². The zero-order valence-corrected chi connectivity index (χ0v) is 33.4. The fraction of sp³-hybridized carbons (Fsp3) is 0. The second-order valence-electron chi connectivity index (χ2n) is 15.2. The van der Waals surface area contributed by atoms with Crippen LogP contribution >= 0.6 is 11.3 Å². The normalized spacial score (nSPS) is 13.0. The summed E-state index contributed by atoms with van der Waals surface area (Å²) in [5.74, 6) is 0. The van der Waals surface area contributed by atoms with Crippen molar-refractivity contribution < 1.29 is 8.22 Å². The molecule has 0 saturated carbocycles. The smallest absolute Gasteiger partial charge is 0.0972 e. The van der Waals surface area contributed by atoms with E-state index in [9.17, 15) is 5.48 Å². The van der Waals surface area contributed by atoms with Gasteiger partial charge in [0.2, 0.25) is 0 Å². The molecule has 0 unspecified atom stereocenters. The van der Waals surface area contributed by atoms with Gasteiger partial charge in [-0.3, -0.25) is 4.98 Å². The summed E-state index contributed by atoms with van der Waals surface area (Å²) in [6.45, 7) is 0. The Bertz CT molecular complexity index is 4000. The van der Waals surface area contributed by atoms with E-state index in [2.05, 4.69) is 114 Å². The van der Waals surface area contributed by atoms with Crippen LogP contribution in [0, 0.1) is 0 Å². The van der Waals surface area contributed by atoms with E-state index in [1.165, 1.54) is 10.8 Å². The largest absolute Gasteiger partial charge is 0.254 e. The Labute approximate surface area is 366 Å². The fourth-order valence-electron chi connectivity index (χ4n) is 8.85. The first-order valence-electron chi connectivity index (χ1n) is 23.2. The van der Waals surface area contributed by atoms with Crippen molar-refractivity contribution in [2.24, 2.45) is 0 Å². The van der Waals surface area contributed by atoms with Gasteiger partial charge in [0, 0.05) is 49.0 Å². The van der Waals surface area contributed by atoms with Crippen LogP contribution < -0.4 is 0 Å². The van der Waals surface area contributed by atoms with Crippen LogP contribution in [0.4, 0.5) is 0 Å². The molecule has 0 aliphatic carbocycles. The molecule has 61 heavy (non-hydrogen) atoms. The molecule has 9 aromatic carbocycles. The summed E-state index contributed by atoms with van der Waals surface area (Å²) < 4.78 is 56.0. The summed E-state index contributed by atoms with van der Waals surface area (Å²) in [6, 6.07) is 57.8. The molecule has 0 spiro atoms. The van der Waals surface area contributed by atoms with Crippen molar-refractivity contribution >= 4 is 65.5 Å². The number of nitrogens with zero attached hydrogens (tertiary/aromatic N) is 2. The van der Waals surface area contributed by atoms with Gasteiger partial charge in [0.25, 0.3) is 0 Å². The average Bonchev–Trinajstić information content (AvgIpc) is 3.79. The summed E-state index contributed by atoms with van der Waals surface area (Å²) in [7, 11) is 0. The molecule has 284 valence electrons. The number of hydrogen-bond acceptors (Lipinski definition) is 3. The Balaban J connectivity index is 1.14. The molecule has 0 atom stereocenters. The molecule has 3 heterocycles. The first kappa shape index (κ1) is 29.5. The number of thiophene rings is 1. The minimum absolute atomic E-state index is 0.144. The van der Waals surface area contributed by atoms with E-state index in [1.54, 1.807) is 23.6 Å². The minimum Gasteiger partial charge on any atom is -0.254 e. The van der Waals surface area contributed by atoms with Crippen LogP contribution in [0.1, 0.15) is 8.22 Å². The third-order valence-corrected chi connectivity index (χ3v) is 12.9. The van der Waals surface area contributed by atoms with Crippen molar-refractivity contribution in [3.05, 3.63) is 218 Å². The van der Waals surface area contributed by atoms with Crippen LogP contribution in [0.5, 0.6) is 0 Å². The van der Waals surface area contributed by atoms with Crippen molar-refractivity contribution in [2.45, 2.75) is 0 Å². The quantitative estimate of drug-likeness (QED) is 0.157. The predicted octanol–water partition coefficient (Wildman–Crippen LogP) is 16.3. The third-order valence-electron chi connectivity index (χ3n) is 11.6. The highest BCUT2D eigenvalue weighted by Gasteiger charge is 2.25. The lowest BCUT2D eigenvalue weighted by Crippen LogP contribution is -1.91. The molecular weight excluding hydrogens is 757 g/mol. The lowest BCUT2D eigenvalue weighted by molar-refractivity contribution is 1.37. The predicted molar refractivity (Wildman–Crippen MR) is 260 cm³/mol. The molecular formula is C58H36N2S. The Morgan fingerprint density at radius 3 is 1.75 bits per heavy atom. The standard InChI is InChI=1S/C58H36N2S/c1-3-15-37(16-4-1)53-54(38-17-5-2-6-18-38)58(51-36-42-19-7-8-23-44(42)46-24-10-12-27-49(46)51)61-57(53)43-21-13-20-41(35-43)45-31-32-50(48-26-11-9-25-47(45)48)52-33-30-40-29-28-39-22-14-34-59-55(39)56(40)60-52/h1-36H/i9D,11D,25D,26D,31D,32D. The van der Waals surface area contributed by atoms with Gasteiger partial charge in [-0.1, -0.05) is 188 Å². The Hall–Kier alpha value is -7.72. The van der Waals surface area contributed by atoms with Gasteiger partial charge in [0.05, 0.1) is 25.0 Å². The maximum absolute atomic E-state index is 9.77. The van der Waals surface area contributed by atoms with Crippen molar-refractivity contribution in [1.82, 2.24) is 9.97 Å². The molecule has 12 aromatic rings. The zero-order chi connectivity index (χ0) is 45.5. The Kier molecular flexibility index (Phi) is 7.02. The second-order valence-corrected chi connectivity index (χ2v) is 16.2. The number of benzene rings is 9. The molecule has 0 aliphatic rings. The Morgan fingerprint density at radius 1 is 0.377 bits per heavy atom. The molecule has 12 rings (SSSR count). The number of aromatic nitrogens is 2. The van der Waals surface area contributed by atoms with E-state index in [0.717, 1.165) is 64.7 Å². The van der Waals surface area contributed by atoms with Gasteiger partial charge in [-0.25, -0.2) is 4.98 Å². The lowest BCUT2D eigenvalue weighted by Gasteiger charge is -2.14. The van der Waals surface area contributed by atoms with Crippen molar-refractivity contribution in [3.63, 3.8) is 0 Å². The van der Waals surface area contributed by atoms with Crippen LogP contribution in [0.2, 0.25) is 0 Å². The SMILES string of the molecule is [2H]c1c([2H])c([2H])c2c(-c3ccc4ccc5cccnc5c4n3)c([2H])c([2H])c(-c3cccc(-c4sc(-c5cc6ccccc6c6ccccc56)c(-c5ccccc5)c4-c4ccccc4)c3)c2c1[2H]. The molecule has 0 fully saturated rings. The summed E-state index contributed by atoms with van der Waals surface area (Å²) >= 11 is 1.71. The number of fused-ring (bicyclic) bond motifs is 7. The van der Waals surface area contributed by atoms with E-state index in [4.69, 9.17) is 7.73 Å². The monoisotopic (exact) mass is 798 g/mol. The third kappa shape index (κ3) is 5.93. The highest BCUT2D eigenvalue weighted by atomic mass is 32.1. The van der Waals surface area contributed by atoms with Crippen LogP contribution in [0.25, 0.3) is 120 Å². The molecule has 0 radical (unpaired) electrons. The summed E-state index contributed by atoms with van der Waals surface area (Å²) in [5, 5.41) is 6.69. The molecule has 0 N–H and O–H groups in total. The highest BCUT2D eigenvalue weighted by molar-refractivity contribution is 7.20. The van der Waals surface area contributed by atoms with Crippen molar-refractivity contribution in [1.29, 1.82) is 0 Å². The number of pyridine rings is 2. The van der Waals surface area contributed by atoms with Gasteiger partial charge in [-0.15, -0.1) is 11.3 Å². The minimum atomic E-state index is -0.420. The fourth-order valence-corrected chi connectivity index (χ4v) is 10.2.